The van der Waals surface area contributed by atoms with Gasteiger partial charge in [-0.05, 0) is 66.6 Å². The average Bonchev–Trinajstić information content (AvgIpc) is 3.13. The smallest absolute Gasteiger partial charge is 0.330 e. The van der Waals surface area contributed by atoms with Gasteiger partial charge < -0.3 is 4.74 Å². The minimum atomic E-state index is -3.62. The summed E-state index contributed by atoms with van der Waals surface area (Å²) in [6.45, 7) is 10.9. The van der Waals surface area contributed by atoms with Crippen molar-refractivity contribution in [3.63, 3.8) is 0 Å². The van der Waals surface area contributed by atoms with Gasteiger partial charge in [0.15, 0.2) is 5.65 Å². The van der Waals surface area contributed by atoms with Crippen LogP contribution in [0, 0.1) is 5.41 Å². The zero-order valence-corrected chi connectivity index (χ0v) is 24.2. The Labute approximate surface area is 229 Å². The minimum Gasteiger partial charge on any atom is -0.379 e. The first-order valence-corrected chi connectivity index (χ1v) is 15.4. The Morgan fingerprint density at radius 2 is 1.76 bits per heavy atom. The molecule has 206 valence electrons. The van der Waals surface area contributed by atoms with Crippen LogP contribution in [0.15, 0.2) is 51.0 Å². The predicted octanol–water partition coefficient (Wildman–Crippen LogP) is 3.69. The number of hydrogen-bond donors (Lipinski definition) is 0. The number of pyridine rings is 1. The maximum atomic E-state index is 13.5. The number of ether oxygens (including phenoxy) is 1. The molecule has 0 aliphatic carbocycles. The van der Waals surface area contributed by atoms with Gasteiger partial charge in [0, 0.05) is 56.3 Å². The molecule has 2 aromatic heterocycles. The fraction of sp³-hybridized carbons (Fsp3) is 0.556. The summed E-state index contributed by atoms with van der Waals surface area (Å²) >= 11 is 1.64. The lowest BCUT2D eigenvalue weighted by molar-refractivity contribution is 0.0773. The van der Waals surface area contributed by atoms with Gasteiger partial charge in [0.25, 0.3) is 0 Å². The first-order chi connectivity index (χ1) is 18.0. The van der Waals surface area contributed by atoms with Crippen LogP contribution in [0.1, 0.15) is 45.2 Å². The number of benzene rings is 1. The number of imidazole rings is 1. The zero-order valence-electron chi connectivity index (χ0n) is 22.6. The Bertz CT molecular complexity index is 1450. The van der Waals surface area contributed by atoms with Crippen molar-refractivity contribution < 1.29 is 13.2 Å². The lowest BCUT2D eigenvalue weighted by atomic mass is 9.95. The Hall–Kier alpha value is -2.18. The maximum Gasteiger partial charge on any atom is 0.330 e. The van der Waals surface area contributed by atoms with E-state index in [0.29, 0.717) is 30.2 Å². The lowest BCUT2D eigenvalue weighted by Crippen LogP contribution is -2.39. The summed E-state index contributed by atoms with van der Waals surface area (Å²) in [7, 11) is -1.87. The quantitative estimate of drug-likeness (QED) is 0.426. The third-order valence-corrected chi connectivity index (χ3v) is 10.1. The Morgan fingerprint density at radius 1 is 1.05 bits per heavy atom. The monoisotopic (exact) mass is 559 g/mol. The molecule has 2 fully saturated rings. The molecule has 2 saturated heterocycles. The molecule has 0 bridgehead atoms. The van der Waals surface area contributed by atoms with Crippen LogP contribution in [0.5, 0.6) is 0 Å². The number of nitrogens with zero attached hydrogens (tertiary/aromatic N) is 5. The second-order valence-corrected chi connectivity index (χ2v) is 14.5. The molecule has 1 aromatic carbocycles. The van der Waals surface area contributed by atoms with Gasteiger partial charge in [0.05, 0.1) is 23.6 Å². The van der Waals surface area contributed by atoms with Crippen LogP contribution < -0.4 is 5.69 Å². The summed E-state index contributed by atoms with van der Waals surface area (Å²) in [5.74, 6) is -0.0276. The maximum absolute atomic E-state index is 13.5. The van der Waals surface area contributed by atoms with Crippen LogP contribution in [-0.4, -0.2) is 70.5 Å². The molecule has 4 heterocycles. The van der Waals surface area contributed by atoms with Crippen molar-refractivity contribution in [2.45, 2.75) is 55.9 Å². The number of sulfonamides is 1. The molecule has 38 heavy (non-hydrogen) atoms. The molecule has 0 saturated carbocycles. The molecule has 1 atom stereocenters. The van der Waals surface area contributed by atoms with Gasteiger partial charge in [0.2, 0.25) is 10.0 Å². The molecule has 2 aliphatic rings. The highest BCUT2D eigenvalue weighted by atomic mass is 32.2. The van der Waals surface area contributed by atoms with Crippen LogP contribution in [-0.2, 0) is 28.4 Å². The van der Waals surface area contributed by atoms with E-state index in [2.05, 4.69) is 25.1 Å². The van der Waals surface area contributed by atoms with E-state index in [1.165, 1.54) is 0 Å². The molecule has 11 heteroatoms. The van der Waals surface area contributed by atoms with Gasteiger partial charge in [0.1, 0.15) is 0 Å². The standard InChI is InChI=1S/C27H37N5O4S2/c1-27(2,3)19-32-24-12-11-23(28-25(24)29(4)26(32)33)20-6-5-13-31(18-20)38(34,35)22-9-7-21(8-10-22)37-30-14-16-36-17-15-30/h7-12,20H,5-6,13-19H2,1-4H3. The highest BCUT2D eigenvalue weighted by molar-refractivity contribution is 7.97. The zero-order chi connectivity index (χ0) is 27.1. The average molecular weight is 560 g/mol. The van der Waals surface area contributed by atoms with E-state index in [1.54, 1.807) is 44.6 Å². The summed E-state index contributed by atoms with van der Waals surface area (Å²) in [6.07, 6.45) is 1.62. The highest BCUT2D eigenvalue weighted by Crippen LogP contribution is 2.32. The summed E-state index contributed by atoms with van der Waals surface area (Å²) < 4.78 is 39.7. The van der Waals surface area contributed by atoms with Gasteiger partial charge in [-0.1, -0.05) is 20.8 Å². The second kappa shape index (κ2) is 10.8. The van der Waals surface area contributed by atoms with Gasteiger partial charge in [-0.3, -0.25) is 9.13 Å². The third-order valence-electron chi connectivity index (χ3n) is 7.10. The first kappa shape index (κ1) is 27.4. The molecule has 2 aliphatic heterocycles. The molecule has 5 rings (SSSR count). The van der Waals surface area contributed by atoms with Crippen molar-refractivity contribution in [1.29, 1.82) is 0 Å². The fourth-order valence-corrected chi connectivity index (χ4v) is 7.56. The van der Waals surface area contributed by atoms with Crippen molar-refractivity contribution in [2.75, 3.05) is 39.4 Å². The molecule has 0 radical (unpaired) electrons. The third kappa shape index (κ3) is 5.72. The number of fused-ring (bicyclic) bond motifs is 1. The fourth-order valence-electron chi connectivity index (χ4n) is 5.15. The highest BCUT2D eigenvalue weighted by Gasteiger charge is 2.32. The number of aryl methyl sites for hydroxylation is 1. The Kier molecular flexibility index (Phi) is 7.76. The van der Waals surface area contributed by atoms with Gasteiger partial charge in [-0.25, -0.2) is 22.5 Å². The van der Waals surface area contributed by atoms with E-state index >= 15 is 0 Å². The van der Waals surface area contributed by atoms with Crippen molar-refractivity contribution in [2.24, 2.45) is 12.5 Å². The molecular formula is C27H37N5O4S2. The second-order valence-electron chi connectivity index (χ2n) is 11.4. The number of aromatic nitrogens is 3. The summed E-state index contributed by atoms with van der Waals surface area (Å²) in [5, 5.41) is 0. The predicted molar refractivity (Wildman–Crippen MR) is 150 cm³/mol. The van der Waals surface area contributed by atoms with Gasteiger partial charge in [-0.15, -0.1) is 0 Å². The Balaban J connectivity index is 1.34. The number of rotatable bonds is 6. The van der Waals surface area contributed by atoms with Crippen molar-refractivity contribution in [3.8, 4) is 0 Å². The van der Waals surface area contributed by atoms with Crippen molar-refractivity contribution in [1.82, 2.24) is 22.7 Å². The SMILES string of the molecule is Cn1c(=O)n(CC(C)(C)C)c2ccc(C3CCCN(S(=O)(=O)c4ccc(SN5CCOCC5)cc4)C3)nc21. The first-order valence-electron chi connectivity index (χ1n) is 13.2. The van der Waals surface area contributed by atoms with E-state index in [1.807, 2.05) is 24.3 Å². The van der Waals surface area contributed by atoms with Crippen LogP contribution in [0.25, 0.3) is 11.2 Å². The molecule has 0 N–H and O–H groups in total. The number of piperidine rings is 1. The summed E-state index contributed by atoms with van der Waals surface area (Å²) in [5.41, 5.74) is 2.16. The molecule has 3 aromatic rings. The molecular weight excluding hydrogens is 522 g/mol. The summed E-state index contributed by atoms with van der Waals surface area (Å²) in [6, 6.07) is 11.1. The van der Waals surface area contributed by atoms with Crippen LogP contribution >= 0.6 is 11.9 Å². The van der Waals surface area contributed by atoms with Gasteiger partial charge >= 0.3 is 5.69 Å². The van der Waals surface area contributed by atoms with E-state index in [0.717, 1.165) is 55.3 Å². The van der Waals surface area contributed by atoms with Crippen LogP contribution in [0.3, 0.4) is 0 Å². The minimum absolute atomic E-state index is 0.0276. The van der Waals surface area contributed by atoms with Crippen LogP contribution in [0.2, 0.25) is 0 Å². The lowest BCUT2D eigenvalue weighted by Gasteiger charge is -2.31. The van der Waals surface area contributed by atoms with E-state index < -0.39 is 10.0 Å². The van der Waals surface area contributed by atoms with Crippen molar-refractivity contribution in [3.05, 3.63) is 52.6 Å². The normalized spacial score (nSPS) is 20.3. The topological polar surface area (TPSA) is 89.7 Å². The van der Waals surface area contributed by atoms with Gasteiger partial charge in [-0.2, -0.15) is 4.31 Å². The van der Waals surface area contributed by atoms with E-state index in [-0.39, 0.29) is 17.0 Å². The molecule has 0 amide bonds. The van der Waals surface area contributed by atoms with E-state index in [4.69, 9.17) is 9.72 Å². The Morgan fingerprint density at radius 3 is 2.45 bits per heavy atom. The van der Waals surface area contributed by atoms with E-state index in [9.17, 15) is 13.2 Å². The number of hydrogen-bond acceptors (Lipinski definition) is 7. The summed E-state index contributed by atoms with van der Waals surface area (Å²) in [4.78, 5) is 19.1. The largest absolute Gasteiger partial charge is 0.379 e. The van der Waals surface area contributed by atoms with Crippen molar-refractivity contribution >= 4 is 33.1 Å². The molecule has 0 spiro atoms. The molecule has 9 nitrogen and oxygen atoms in total. The molecule has 1 unspecified atom stereocenters. The number of morpholine rings is 1. The van der Waals surface area contributed by atoms with Crippen LogP contribution in [0.4, 0.5) is 0 Å².